The molecule has 0 aromatic heterocycles. The highest BCUT2D eigenvalue weighted by atomic mass is 31.1. The quantitative estimate of drug-likeness (QED) is 0.171. The average molecular weight is 505 g/mol. The Kier molecular flexibility index (Phi) is 8.96. The number of rotatable bonds is 8. The first kappa shape index (κ1) is 24.9. The molecule has 2 heteroatoms. The third-order valence-electron chi connectivity index (χ3n) is 6.81. The van der Waals surface area contributed by atoms with Crippen molar-refractivity contribution >= 4 is 37.1 Å². The van der Waals surface area contributed by atoms with Crippen molar-refractivity contribution in [2.45, 2.75) is 31.3 Å². The molecule has 1 unspecified atom stereocenters. The van der Waals surface area contributed by atoms with Crippen LogP contribution in [0, 0.1) is 0 Å². The lowest BCUT2D eigenvalue weighted by Gasteiger charge is -2.34. The molecule has 5 rings (SSSR count). The maximum Gasteiger partial charge on any atom is 0.0126 e. The van der Waals surface area contributed by atoms with Gasteiger partial charge in [-0.3, -0.25) is 0 Å². The van der Waals surface area contributed by atoms with Crippen LogP contribution in [0.15, 0.2) is 145 Å². The van der Waals surface area contributed by atoms with E-state index < -0.39 is 15.8 Å². The molecule has 4 aromatic rings. The monoisotopic (exact) mass is 504 g/mol. The van der Waals surface area contributed by atoms with E-state index in [4.69, 9.17) is 0 Å². The van der Waals surface area contributed by atoms with E-state index in [0.29, 0.717) is 5.66 Å². The van der Waals surface area contributed by atoms with E-state index in [1.54, 1.807) is 5.57 Å². The first-order valence-corrected chi connectivity index (χ1v) is 15.9. The molecule has 36 heavy (non-hydrogen) atoms. The predicted octanol–water partition coefficient (Wildman–Crippen LogP) is 7.68. The number of hydrogen-bond acceptors (Lipinski definition) is 0. The van der Waals surface area contributed by atoms with Crippen LogP contribution in [0.25, 0.3) is 0 Å². The van der Waals surface area contributed by atoms with Gasteiger partial charge in [0.05, 0.1) is 0 Å². The highest BCUT2D eigenvalue weighted by Crippen LogP contribution is 2.50. The maximum absolute atomic E-state index is 2.60. The van der Waals surface area contributed by atoms with E-state index in [1.165, 1.54) is 27.4 Å². The van der Waals surface area contributed by atoms with E-state index in [9.17, 15) is 0 Å². The fourth-order valence-electron chi connectivity index (χ4n) is 5.05. The summed E-state index contributed by atoms with van der Waals surface area (Å²) >= 11 is 0. The van der Waals surface area contributed by atoms with Crippen molar-refractivity contribution in [3.8, 4) is 0 Å². The van der Waals surface area contributed by atoms with Crippen molar-refractivity contribution in [1.82, 2.24) is 0 Å². The Balaban J connectivity index is 1.64. The van der Waals surface area contributed by atoms with Gasteiger partial charge in [-0.2, -0.15) is 0 Å². The molecule has 0 heterocycles. The van der Waals surface area contributed by atoms with Crippen LogP contribution in [0.1, 0.15) is 25.7 Å². The molecule has 180 valence electrons. The van der Waals surface area contributed by atoms with Gasteiger partial charge in [0, 0.05) is 5.66 Å². The number of benzene rings is 4. The summed E-state index contributed by atoms with van der Waals surface area (Å²) in [5.74, 6) is 0. The Morgan fingerprint density at radius 3 is 1.44 bits per heavy atom. The molecule has 0 saturated heterocycles. The summed E-state index contributed by atoms with van der Waals surface area (Å²) in [7, 11) is -1.03. The minimum atomic E-state index is -0.547. The molecule has 0 saturated carbocycles. The second-order valence-corrected chi connectivity index (χ2v) is 13.9. The van der Waals surface area contributed by atoms with Gasteiger partial charge in [-0.1, -0.05) is 145 Å². The fourth-order valence-corrected chi connectivity index (χ4v) is 11.1. The molecule has 0 radical (unpaired) electrons. The lowest BCUT2D eigenvalue weighted by atomic mass is 10.0. The lowest BCUT2D eigenvalue weighted by molar-refractivity contribution is 0.870. The molecule has 0 fully saturated rings. The van der Waals surface area contributed by atoms with Crippen LogP contribution < -0.4 is 21.2 Å². The molecule has 1 atom stereocenters. The van der Waals surface area contributed by atoms with Gasteiger partial charge in [0.15, 0.2) is 0 Å². The van der Waals surface area contributed by atoms with Gasteiger partial charge >= 0.3 is 0 Å². The molecule has 0 bridgehead atoms. The SMILES string of the molecule is C1=CCCC(C(CP(c2ccccc2)c2ccccc2)P(c2ccccc2)c2ccccc2)=CCC1. The summed E-state index contributed by atoms with van der Waals surface area (Å²) < 4.78 is 0. The van der Waals surface area contributed by atoms with Crippen molar-refractivity contribution in [3.63, 3.8) is 0 Å². The van der Waals surface area contributed by atoms with Gasteiger partial charge in [0.1, 0.15) is 0 Å². The summed E-state index contributed by atoms with van der Waals surface area (Å²) in [6.45, 7) is 0. The van der Waals surface area contributed by atoms with Gasteiger partial charge in [0.2, 0.25) is 0 Å². The van der Waals surface area contributed by atoms with Gasteiger partial charge < -0.3 is 0 Å². The van der Waals surface area contributed by atoms with Crippen LogP contribution in [-0.2, 0) is 0 Å². The van der Waals surface area contributed by atoms with Crippen LogP contribution in [-0.4, -0.2) is 11.8 Å². The minimum Gasteiger partial charge on any atom is -0.0882 e. The topological polar surface area (TPSA) is 0 Å². The highest BCUT2D eigenvalue weighted by Gasteiger charge is 2.31. The molecular weight excluding hydrogens is 470 g/mol. The fraction of sp³-hybridized carbons (Fsp3) is 0.176. The normalized spacial score (nSPS) is 14.8. The molecule has 0 spiro atoms. The van der Waals surface area contributed by atoms with E-state index in [1.807, 2.05) is 0 Å². The smallest absolute Gasteiger partial charge is 0.0126 e. The van der Waals surface area contributed by atoms with Crippen molar-refractivity contribution in [1.29, 1.82) is 0 Å². The summed E-state index contributed by atoms with van der Waals surface area (Å²) in [6.07, 6.45) is 13.1. The number of hydrogen-bond donors (Lipinski definition) is 0. The van der Waals surface area contributed by atoms with Crippen molar-refractivity contribution in [2.75, 3.05) is 6.16 Å². The highest BCUT2D eigenvalue weighted by molar-refractivity contribution is 7.77. The van der Waals surface area contributed by atoms with Gasteiger partial charge in [-0.15, -0.1) is 0 Å². The molecule has 1 aliphatic rings. The largest absolute Gasteiger partial charge is 0.0882 e. The summed E-state index contributed by atoms with van der Waals surface area (Å²) in [5.41, 5.74) is 2.17. The molecule has 0 nitrogen and oxygen atoms in total. The van der Waals surface area contributed by atoms with Crippen LogP contribution in [0.5, 0.6) is 0 Å². The minimum absolute atomic E-state index is 0.486. The molecular formula is C34H34P2. The maximum atomic E-state index is 2.60. The van der Waals surface area contributed by atoms with E-state index >= 15 is 0 Å². The second-order valence-electron chi connectivity index (χ2n) is 9.21. The van der Waals surface area contributed by atoms with Crippen molar-refractivity contribution in [2.24, 2.45) is 0 Å². The summed E-state index contributed by atoms with van der Waals surface area (Å²) in [4.78, 5) is 0. The molecule has 0 N–H and O–H groups in total. The van der Waals surface area contributed by atoms with Crippen molar-refractivity contribution in [3.05, 3.63) is 145 Å². The molecule has 4 aromatic carbocycles. The van der Waals surface area contributed by atoms with Crippen LogP contribution in [0.2, 0.25) is 0 Å². The Morgan fingerprint density at radius 2 is 0.944 bits per heavy atom. The van der Waals surface area contributed by atoms with E-state index in [0.717, 1.165) is 25.7 Å². The predicted molar refractivity (Wildman–Crippen MR) is 162 cm³/mol. The van der Waals surface area contributed by atoms with Gasteiger partial charge in [-0.05, 0) is 68.9 Å². The zero-order valence-electron chi connectivity index (χ0n) is 20.8. The zero-order valence-corrected chi connectivity index (χ0v) is 22.6. The molecule has 1 aliphatic carbocycles. The lowest BCUT2D eigenvalue weighted by Crippen LogP contribution is -2.29. The average Bonchev–Trinajstić information content (AvgIpc) is 2.93. The Bertz CT molecular complexity index is 1170. The Morgan fingerprint density at radius 1 is 0.500 bits per heavy atom. The van der Waals surface area contributed by atoms with Gasteiger partial charge in [-0.25, -0.2) is 0 Å². The summed E-state index contributed by atoms with van der Waals surface area (Å²) in [5, 5.41) is 5.92. The van der Waals surface area contributed by atoms with Gasteiger partial charge in [0.25, 0.3) is 0 Å². The third kappa shape index (κ3) is 6.31. The second kappa shape index (κ2) is 13.0. The molecule has 0 amide bonds. The van der Waals surface area contributed by atoms with E-state index in [2.05, 4.69) is 140 Å². The van der Waals surface area contributed by atoms with Crippen LogP contribution in [0.3, 0.4) is 0 Å². The third-order valence-corrected chi connectivity index (χ3v) is 12.5. The van der Waals surface area contributed by atoms with Crippen molar-refractivity contribution < 1.29 is 0 Å². The number of allylic oxidation sites excluding steroid dienone is 4. The standard InChI is InChI=1S/C34H34P2/c1-2-8-18-29(19-9-3-1)34(36(32-24-14-6-15-25-32)33-26-16-7-17-27-33)28-35(30-20-10-4-11-21-30)31-22-12-5-13-23-31/h1-2,4-7,10-17,19-27,34H,3,8-9,18,28H2. The first-order chi connectivity index (χ1) is 17.9. The Labute approximate surface area is 219 Å². The van der Waals surface area contributed by atoms with Crippen LogP contribution in [0.4, 0.5) is 0 Å². The zero-order chi connectivity index (χ0) is 24.4. The summed E-state index contributed by atoms with van der Waals surface area (Å²) in [6, 6.07) is 45.1. The molecule has 0 aliphatic heterocycles. The van der Waals surface area contributed by atoms with Crippen LogP contribution >= 0.6 is 15.8 Å². The first-order valence-electron chi connectivity index (χ1n) is 13.0. The van der Waals surface area contributed by atoms with E-state index in [-0.39, 0.29) is 0 Å². The Hall–Kier alpha value is -2.78.